The quantitative estimate of drug-likeness (QED) is 0.711. The fraction of sp³-hybridized carbons (Fsp3) is 0.368. The molecule has 27 heavy (non-hydrogen) atoms. The van der Waals surface area contributed by atoms with Gasteiger partial charge < -0.3 is 10.2 Å². The van der Waals surface area contributed by atoms with Crippen LogP contribution in [0, 0.1) is 0 Å². The SMILES string of the molecule is CCN(CC)c1ccc(NC(=O)CN(Cc2ccncc2)S(C)(=O)=O)cc1. The second-order valence-electron chi connectivity index (χ2n) is 6.15. The first kappa shape index (κ1) is 20.9. The van der Waals surface area contributed by atoms with Crippen molar-refractivity contribution in [3.05, 3.63) is 54.4 Å². The number of aromatic nitrogens is 1. The Morgan fingerprint density at radius 2 is 1.63 bits per heavy atom. The third-order valence-electron chi connectivity index (χ3n) is 4.18. The van der Waals surface area contributed by atoms with E-state index in [0.717, 1.165) is 34.9 Å². The summed E-state index contributed by atoms with van der Waals surface area (Å²) in [4.78, 5) is 18.5. The topological polar surface area (TPSA) is 82.6 Å². The fourth-order valence-electron chi connectivity index (χ4n) is 2.69. The minimum atomic E-state index is -3.53. The molecule has 0 aliphatic rings. The Morgan fingerprint density at radius 1 is 1.04 bits per heavy atom. The van der Waals surface area contributed by atoms with Crippen molar-refractivity contribution in [1.82, 2.24) is 9.29 Å². The number of nitrogens with one attached hydrogen (secondary N) is 1. The van der Waals surface area contributed by atoms with E-state index < -0.39 is 10.0 Å². The maximum atomic E-state index is 12.4. The zero-order valence-electron chi connectivity index (χ0n) is 15.9. The van der Waals surface area contributed by atoms with Crippen LogP contribution in [0.3, 0.4) is 0 Å². The monoisotopic (exact) mass is 390 g/mol. The summed E-state index contributed by atoms with van der Waals surface area (Å²) in [6.45, 7) is 5.85. The van der Waals surface area contributed by atoms with Gasteiger partial charge in [0.2, 0.25) is 15.9 Å². The van der Waals surface area contributed by atoms with Crippen molar-refractivity contribution in [1.29, 1.82) is 0 Å². The molecule has 0 atom stereocenters. The van der Waals surface area contributed by atoms with Gasteiger partial charge in [0.05, 0.1) is 12.8 Å². The molecular weight excluding hydrogens is 364 g/mol. The van der Waals surface area contributed by atoms with E-state index in [4.69, 9.17) is 0 Å². The number of carbonyl (C=O) groups is 1. The third-order valence-corrected chi connectivity index (χ3v) is 5.37. The van der Waals surface area contributed by atoms with Crippen molar-refractivity contribution in [2.45, 2.75) is 20.4 Å². The largest absolute Gasteiger partial charge is 0.372 e. The number of hydrogen-bond acceptors (Lipinski definition) is 5. The minimum Gasteiger partial charge on any atom is -0.372 e. The van der Waals surface area contributed by atoms with Gasteiger partial charge in [0.25, 0.3) is 0 Å². The number of anilines is 2. The molecule has 1 aromatic carbocycles. The van der Waals surface area contributed by atoms with E-state index in [9.17, 15) is 13.2 Å². The van der Waals surface area contributed by atoms with Gasteiger partial charge in [-0.15, -0.1) is 0 Å². The first-order chi connectivity index (χ1) is 12.8. The molecule has 0 saturated heterocycles. The number of carbonyl (C=O) groups excluding carboxylic acids is 1. The Balaban J connectivity index is 2.03. The lowest BCUT2D eigenvalue weighted by Gasteiger charge is -2.21. The average molecular weight is 391 g/mol. The van der Waals surface area contributed by atoms with Crippen LogP contribution in [-0.2, 0) is 21.4 Å². The Hall–Kier alpha value is -2.45. The van der Waals surface area contributed by atoms with E-state index in [2.05, 4.69) is 29.0 Å². The van der Waals surface area contributed by atoms with Crippen molar-refractivity contribution in [2.24, 2.45) is 0 Å². The van der Waals surface area contributed by atoms with Crippen molar-refractivity contribution < 1.29 is 13.2 Å². The Kier molecular flexibility index (Phi) is 7.32. The summed E-state index contributed by atoms with van der Waals surface area (Å²) in [6, 6.07) is 11.0. The van der Waals surface area contributed by atoms with Gasteiger partial charge in [0, 0.05) is 43.4 Å². The summed E-state index contributed by atoms with van der Waals surface area (Å²) in [5.74, 6) is -0.384. The lowest BCUT2D eigenvalue weighted by molar-refractivity contribution is -0.116. The molecule has 0 aliphatic carbocycles. The Bertz CT molecular complexity index is 835. The maximum absolute atomic E-state index is 12.4. The normalized spacial score (nSPS) is 11.4. The molecule has 1 amide bonds. The lowest BCUT2D eigenvalue weighted by atomic mass is 10.2. The van der Waals surface area contributed by atoms with Gasteiger partial charge in [-0.2, -0.15) is 4.31 Å². The highest BCUT2D eigenvalue weighted by Gasteiger charge is 2.20. The van der Waals surface area contributed by atoms with Gasteiger partial charge in [-0.05, 0) is 55.8 Å². The molecule has 0 fully saturated rings. The van der Waals surface area contributed by atoms with Gasteiger partial charge >= 0.3 is 0 Å². The molecule has 0 saturated carbocycles. The number of rotatable bonds is 9. The highest BCUT2D eigenvalue weighted by atomic mass is 32.2. The van der Waals surface area contributed by atoms with Crippen LogP contribution >= 0.6 is 0 Å². The molecule has 146 valence electrons. The minimum absolute atomic E-state index is 0.121. The van der Waals surface area contributed by atoms with E-state index in [1.165, 1.54) is 0 Å². The van der Waals surface area contributed by atoms with Gasteiger partial charge in [0.1, 0.15) is 0 Å². The van der Waals surface area contributed by atoms with E-state index in [0.29, 0.717) is 5.69 Å². The summed E-state index contributed by atoms with van der Waals surface area (Å²) < 4.78 is 25.2. The predicted molar refractivity (Wildman–Crippen MR) is 108 cm³/mol. The van der Waals surface area contributed by atoms with Gasteiger partial charge in [0.15, 0.2) is 0 Å². The standard InChI is InChI=1S/C19H26N4O3S/c1-4-22(5-2)18-8-6-17(7-9-18)21-19(24)15-23(27(3,25)26)14-16-10-12-20-13-11-16/h6-13H,4-5,14-15H2,1-3H3,(H,21,24). The van der Waals surface area contributed by atoms with Crippen molar-refractivity contribution in [2.75, 3.05) is 36.1 Å². The van der Waals surface area contributed by atoms with Crippen molar-refractivity contribution >= 4 is 27.3 Å². The Labute approximate surface area is 161 Å². The summed E-state index contributed by atoms with van der Waals surface area (Å²) >= 11 is 0. The first-order valence-corrected chi connectivity index (χ1v) is 10.7. The molecule has 7 nitrogen and oxygen atoms in total. The maximum Gasteiger partial charge on any atom is 0.239 e. The Morgan fingerprint density at radius 3 is 2.15 bits per heavy atom. The van der Waals surface area contributed by atoms with Crippen LogP contribution in [0.4, 0.5) is 11.4 Å². The highest BCUT2D eigenvalue weighted by molar-refractivity contribution is 7.88. The van der Waals surface area contributed by atoms with E-state index in [1.807, 2.05) is 24.3 Å². The molecule has 1 aromatic heterocycles. The third kappa shape index (κ3) is 6.33. The molecule has 1 heterocycles. The van der Waals surface area contributed by atoms with Crippen LogP contribution in [0.15, 0.2) is 48.8 Å². The van der Waals surface area contributed by atoms with Gasteiger partial charge in [-0.1, -0.05) is 0 Å². The second-order valence-corrected chi connectivity index (χ2v) is 8.14. The smallest absolute Gasteiger partial charge is 0.239 e. The van der Waals surface area contributed by atoms with Gasteiger partial charge in [-0.3, -0.25) is 9.78 Å². The van der Waals surface area contributed by atoms with Crippen molar-refractivity contribution in [3.63, 3.8) is 0 Å². The van der Waals surface area contributed by atoms with Crippen LogP contribution in [0.1, 0.15) is 19.4 Å². The second kappa shape index (κ2) is 9.48. The molecule has 8 heteroatoms. The summed E-state index contributed by atoms with van der Waals surface area (Å²) in [5.41, 5.74) is 2.48. The molecule has 2 rings (SSSR count). The number of hydrogen-bond donors (Lipinski definition) is 1. The molecule has 0 aliphatic heterocycles. The van der Waals surface area contributed by atoms with Crippen LogP contribution in [-0.4, -0.2) is 49.5 Å². The first-order valence-electron chi connectivity index (χ1n) is 8.82. The summed E-state index contributed by atoms with van der Waals surface area (Å²) in [6.07, 6.45) is 4.28. The number of nitrogens with zero attached hydrogens (tertiary/aromatic N) is 3. The number of pyridine rings is 1. The van der Waals surface area contributed by atoms with E-state index in [1.54, 1.807) is 24.5 Å². The van der Waals surface area contributed by atoms with Gasteiger partial charge in [-0.25, -0.2) is 8.42 Å². The lowest BCUT2D eigenvalue weighted by Crippen LogP contribution is -2.36. The molecule has 2 aromatic rings. The highest BCUT2D eigenvalue weighted by Crippen LogP contribution is 2.18. The zero-order valence-corrected chi connectivity index (χ0v) is 16.7. The summed E-state index contributed by atoms with van der Waals surface area (Å²) in [5, 5.41) is 2.76. The van der Waals surface area contributed by atoms with Crippen LogP contribution in [0.2, 0.25) is 0 Å². The van der Waals surface area contributed by atoms with Crippen LogP contribution in [0.5, 0.6) is 0 Å². The van der Waals surface area contributed by atoms with E-state index in [-0.39, 0.29) is 19.0 Å². The number of benzene rings is 1. The molecule has 0 unspecified atom stereocenters. The zero-order chi connectivity index (χ0) is 19.9. The molecule has 1 N–H and O–H groups in total. The predicted octanol–water partition coefficient (Wildman–Crippen LogP) is 2.33. The summed E-state index contributed by atoms with van der Waals surface area (Å²) in [7, 11) is -3.53. The average Bonchev–Trinajstić information content (AvgIpc) is 2.63. The number of amides is 1. The van der Waals surface area contributed by atoms with Crippen molar-refractivity contribution in [3.8, 4) is 0 Å². The molecule has 0 bridgehead atoms. The van der Waals surface area contributed by atoms with Crippen LogP contribution < -0.4 is 10.2 Å². The van der Waals surface area contributed by atoms with E-state index >= 15 is 0 Å². The van der Waals surface area contributed by atoms with Crippen LogP contribution in [0.25, 0.3) is 0 Å². The molecular formula is C19H26N4O3S. The molecule has 0 radical (unpaired) electrons. The number of sulfonamides is 1. The molecule has 0 spiro atoms. The fourth-order valence-corrected chi connectivity index (χ4v) is 3.42.